The minimum absolute atomic E-state index is 0.0741. The van der Waals surface area contributed by atoms with Crippen LogP contribution >= 0.6 is 23.4 Å². The van der Waals surface area contributed by atoms with E-state index in [0.717, 1.165) is 48.6 Å². The lowest BCUT2D eigenvalue weighted by Gasteiger charge is -2.19. The second-order valence-corrected chi connectivity index (χ2v) is 9.77. The number of nitrogens with zero attached hydrogens (tertiary/aromatic N) is 6. The van der Waals surface area contributed by atoms with E-state index in [2.05, 4.69) is 31.1 Å². The molecule has 0 aliphatic carbocycles. The maximum atomic E-state index is 11.0. The molecule has 0 spiro atoms. The van der Waals surface area contributed by atoms with Crippen molar-refractivity contribution < 1.29 is 5.11 Å². The molecule has 0 radical (unpaired) electrons. The van der Waals surface area contributed by atoms with Crippen LogP contribution in [-0.4, -0.2) is 48.2 Å². The van der Waals surface area contributed by atoms with Crippen molar-refractivity contribution in [3.8, 4) is 11.8 Å². The van der Waals surface area contributed by atoms with Gasteiger partial charge in [0.1, 0.15) is 17.4 Å². The van der Waals surface area contributed by atoms with Gasteiger partial charge in [0.15, 0.2) is 11.0 Å². The number of imidazole rings is 1. The van der Waals surface area contributed by atoms with Gasteiger partial charge in [-0.25, -0.2) is 4.98 Å². The molecule has 1 atom stereocenters. The van der Waals surface area contributed by atoms with Crippen LogP contribution in [0.15, 0.2) is 59.4 Å². The van der Waals surface area contributed by atoms with E-state index in [1.165, 1.54) is 11.8 Å². The number of aliphatic hydroxyl groups excluding tert-OH is 1. The first kappa shape index (κ1) is 22.3. The molecular weight excluding hydrogens is 470 g/mol. The monoisotopic (exact) mass is 491 g/mol. The number of rotatable bonds is 6. The number of benzene rings is 2. The third-order valence-corrected chi connectivity index (χ3v) is 7.02. The Morgan fingerprint density at radius 3 is 2.71 bits per heavy atom. The van der Waals surface area contributed by atoms with E-state index >= 15 is 0 Å². The van der Waals surface area contributed by atoms with Crippen LogP contribution in [0.5, 0.6) is 0 Å². The summed E-state index contributed by atoms with van der Waals surface area (Å²) in [4.78, 5) is 9.78. The minimum atomic E-state index is -0.476. The predicted octanol–water partition coefficient (Wildman–Crippen LogP) is 5.37. The number of para-hydroxylation sites is 2. The molecule has 1 fully saturated rings. The summed E-state index contributed by atoms with van der Waals surface area (Å²) in [5.41, 5.74) is 2.48. The first-order chi connectivity index (χ1) is 16.5. The average Bonchev–Trinajstić information content (AvgIpc) is 3.58. The number of aromatic amines is 1. The van der Waals surface area contributed by atoms with E-state index in [1.54, 1.807) is 0 Å². The standard InChI is InChI=1S/C24H22ClN7OS/c1-15(21(33)18(14-26)22-27-19-9-2-3-10-20(19)28-22)34-24-30-29-23(31-11-4-5-12-31)32(24)17-8-6-7-16(25)13-17/h2-3,6-10,13,15,33H,4-5,11-12H2,1H3,(H,27,28)/b21-18-. The Bertz CT molecular complexity index is 1380. The van der Waals surface area contributed by atoms with Gasteiger partial charge >= 0.3 is 0 Å². The molecule has 4 aromatic rings. The maximum Gasteiger partial charge on any atom is 0.232 e. The highest BCUT2D eigenvalue weighted by Gasteiger charge is 2.26. The molecule has 0 saturated carbocycles. The van der Waals surface area contributed by atoms with Crippen LogP contribution in [-0.2, 0) is 0 Å². The zero-order valence-electron chi connectivity index (χ0n) is 18.4. The summed E-state index contributed by atoms with van der Waals surface area (Å²) in [6, 6.07) is 17.1. The summed E-state index contributed by atoms with van der Waals surface area (Å²) in [7, 11) is 0. The van der Waals surface area contributed by atoms with Crippen LogP contribution in [0, 0.1) is 11.3 Å². The lowest BCUT2D eigenvalue weighted by Crippen LogP contribution is -2.22. The molecule has 2 N–H and O–H groups in total. The van der Waals surface area contributed by atoms with Gasteiger partial charge in [0, 0.05) is 18.1 Å². The van der Waals surface area contributed by atoms with Crippen LogP contribution in [0.3, 0.4) is 0 Å². The summed E-state index contributed by atoms with van der Waals surface area (Å²) >= 11 is 7.60. The van der Waals surface area contributed by atoms with Crippen molar-refractivity contribution in [1.82, 2.24) is 24.7 Å². The third-order valence-electron chi connectivity index (χ3n) is 5.73. The average molecular weight is 492 g/mol. The molecule has 1 unspecified atom stereocenters. The second-order valence-electron chi connectivity index (χ2n) is 8.03. The quantitative estimate of drug-likeness (QED) is 0.212. The van der Waals surface area contributed by atoms with Gasteiger partial charge in [0.2, 0.25) is 5.95 Å². The van der Waals surface area contributed by atoms with E-state index in [-0.39, 0.29) is 11.3 Å². The van der Waals surface area contributed by atoms with E-state index in [4.69, 9.17) is 11.6 Å². The van der Waals surface area contributed by atoms with Crippen LogP contribution in [0.1, 0.15) is 25.6 Å². The van der Waals surface area contributed by atoms with E-state index in [0.29, 0.717) is 16.0 Å². The Morgan fingerprint density at radius 1 is 1.18 bits per heavy atom. The summed E-state index contributed by atoms with van der Waals surface area (Å²) in [5, 5.41) is 30.5. The number of H-pyrrole nitrogens is 1. The van der Waals surface area contributed by atoms with Crippen molar-refractivity contribution in [3.63, 3.8) is 0 Å². The molecular formula is C24H22ClN7OS. The van der Waals surface area contributed by atoms with Gasteiger partial charge in [-0.05, 0) is 50.1 Å². The van der Waals surface area contributed by atoms with Gasteiger partial charge in [-0.2, -0.15) is 5.26 Å². The summed E-state index contributed by atoms with van der Waals surface area (Å²) in [6.45, 7) is 3.65. The Labute approximate surface area is 205 Å². The molecule has 0 bridgehead atoms. The number of allylic oxidation sites excluding steroid dienone is 1. The highest BCUT2D eigenvalue weighted by Crippen LogP contribution is 2.34. The number of fused-ring (bicyclic) bond motifs is 1. The topological polar surface area (TPSA) is 107 Å². The van der Waals surface area contributed by atoms with Crippen molar-refractivity contribution in [1.29, 1.82) is 5.26 Å². The fourth-order valence-electron chi connectivity index (χ4n) is 4.02. The van der Waals surface area contributed by atoms with Gasteiger partial charge in [-0.3, -0.25) is 4.57 Å². The van der Waals surface area contributed by atoms with Crippen molar-refractivity contribution in [2.45, 2.75) is 30.2 Å². The molecule has 2 aromatic heterocycles. The molecule has 3 heterocycles. The summed E-state index contributed by atoms with van der Waals surface area (Å²) < 4.78 is 1.96. The van der Waals surface area contributed by atoms with Crippen molar-refractivity contribution in [3.05, 3.63) is 65.1 Å². The van der Waals surface area contributed by atoms with Crippen LogP contribution < -0.4 is 4.90 Å². The number of hydrogen-bond donors (Lipinski definition) is 2. The number of nitrogens with one attached hydrogen (secondary N) is 1. The lowest BCUT2D eigenvalue weighted by molar-refractivity contribution is 0.401. The number of nitriles is 1. The van der Waals surface area contributed by atoms with Gasteiger partial charge in [-0.1, -0.05) is 41.6 Å². The zero-order valence-corrected chi connectivity index (χ0v) is 20.0. The van der Waals surface area contributed by atoms with Crippen molar-refractivity contribution in [2.75, 3.05) is 18.0 Å². The Kier molecular flexibility index (Phi) is 6.18. The van der Waals surface area contributed by atoms with Crippen molar-refractivity contribution >= 4 is 45.9 Å². The van der Waals surface area contributed by atoms with Crippen LogP contribution in [0.2, 0.25) is 5.02 Å². The maximum absolute atomic E-state index is 11.0. The predicted molar refractivity (Wildman–Crippen MR) is 134 cm³/mol. The van der Waals surface area contributed by atoms with E-state index < -0.39 is 5.25 Å². The molecule has 1 aliphatic heterocycles. The van der Waals surface area contributed by atoms with E-state index in [9.17, 15) is 10.4 Å². The highest BCUT2D eigenvalue weighted by atomic mass is 35.5. The number of halogens is 1. The number of aliphatic hydroxyl groups is 1. The number of anilines is 1. The molecule has 5 rings (SSSR count). The number of aromatic nitrogens is 5. The first-order valence-corrected chi connectivity index (χ1v) is 12.2. The Balaban J connectivity index is 1.51. The van der Waals surface area contributed by atoms with E-state index in [1.807, 2.05) is 60.0 Å². The lowest BCUT2D eigenvalue weighted by atomic mass is 10.2. The molecule has 8 nitrogen and oxygen atoms in total. The third kappa shape index (κ3) is 4.22. The molecule has 10 heteroatoms. The molecule has 1 saturated heterocycles. The van der Waals surface area contributed by atoms with Crippen LogP contribution in [0.25, 0.3) is 22.3 Å². The smallest absolute Gasteiger partial charge is 0.232 e. The minimum Gasteiger partial charge on any atom is -0.510 e. The second kappa shape index (κ2) is 9.41. The Hall–Kier alpha value is -3.48. The fourth-order valence-corrected chi connectivity index (χ4v) is 5.13. The zero-order chi connectivity index (χ0) is 23.7. The fraction of sp³-hybridized carbons (Fsp3) is 0.250. The Morgan fingerprint density at radius 2 is 1.97 bits per heavy atom. The molecule has 2 aromatic carbocycles. The molecule has 172 valence electrons. The van der Waals surface area contributed by atoms with Crippen LogP contribution in [0.4, 0.5) is 5.95 Å². The highest BCUT2D eigenvalue weighted by molar-refractivity contribution is 8.00. The van der Waals surface area contributed by atoms with Gasteiger partial charge in [-0.15, -0.1) is 10.2 Å². The number of hydrogen-bond acceptors (Lipinski definition) is 7. The molecule has 34 heavy (non-hydrogen) atoms. The van der Waals surface area contributed by atoms with Gasteiger partial charge < -0.3 is 15.0 Å². The van der Waals surface area contributed by atoms with Gasteiger partial charge in [0.25, 0.3) is 0 Å². The molecule has 1 aliphatic rings. The summed E-state index contributed by atoms with van der Waals surface area (Å²) in [6.07, 6.45) is 2.21. The largest absolute Gasteiger partial charge is 0.510 e. The first-order valence-electron chi connectivity index (χ1n) is 11.0. The van der Waals surface area contributed by atoms with Gasteiger partial charge in [0.05, 0.1) is 22.0 Å². The molecule has 0 amide bonds. The normalized spacial score (nSPS) is 15.4. The van der Waals surface area contributed by atoms with Crippen molar-refractivity contribution in [2.24, 2.45) is 0 Å². The summed E-state index contributed by atoms with van der Waals surface area (Å²) in [5.74, 6) is 1.01. The SMILES string of the molecule is CC(Sc1nnc(N2CCCC2)n1-c1cccc(Cl)c1)/C(O)=C(\C#N)c1nc2ccccc2[nH]1. The number of thioether (sulfide) groups is 1.